The average Bonchev–Trinajstić information content (AvgIpc) is 2.46. The van der Waals surface area contributed by atoms with Gasteiger partial charge >= 0.3 is 0 Å². The molecule has 0 aliphatic heterocycles. The number of aliphatic hydroxyl groups is 4. The Bertz CT molecular complexity index is 247. The maximum atomic E-state index is 9.34. The van der Waals surface area contributed by atoms with E-state index in [0.717, 1.165) is 0 Å². The molecule has 4 N–H and O–H groups in total. The average molecular weight is 354 g/mol. The molecule has 8 nitrogen and oxygen atoms in total. The second-order valence-corrected chi connectivity index (χ2v) is 6.37. The first kappa shape index (κ1) is 23.7. The molecule has 0 heterocycles. The van der Waals surface area contributed by atoms with Gasteiger partial charge in [0.1, 0.15) is 0 Å². The molecule has 3 unspecified atom stereocenters. The predicted molar refractivity (Wildman–Crippen MR) is 87.8 cm³/mol. The highest BCUT2D eigenvalue weighted by molar-refractivity contribution is 4.80. The summed E-state index contributed by atoms with van der Waals surface area (Å²) in [6.07, 6.45) is -1.80. The Morgan fingerprint density at radius 3 is 1.29 bits per heavy atom. The van der Waals surface area contributed by atoms with Gasteiger partial charge in [-0.2, -0.15) is 0 Å². The Balaban J connectivity index is 4.77. The second-order valence-electron chi connectivity index (χ2n) is 6.37. The van der Waals surface area contributed by atoms with Gasteiger partial charge in [0, 0.05) is 0 Å². The molecular weight excluding hydrogens is 320 g/mol. The lowest BCUT2D eigenvalue weighted by atomic mass is 9.92. The SMILES string of the molecule is CC(O)COCC(COCCO)(COCC(C)O)COCC(C)O. The number of ether oxygens (including phenoxy) is 4. The van der Waals surface area contributed by atoms with Crippen molar-refractivity contribution < 1.29 is 39.4 Å². The van der Waals surface area contributed by atoms with E-state index in [-0.39, 0.29) is 59.5 Å². The first-order chi connectivity index (χ1) is 11.3. The van der Waals surface area contributed by atoms with Crippen molar-refractivity contribution in [3.63, 3.8) is 0 Å². The summed E-state index contributed by atoms with van der Waals surface area (Å²) in [5, 5.41) is 36.9. The van der Waals surface area contributed by atoms with Crippen molar-refractivity contribution in [3.05, 3.63) is 0 Å². The number of hydrogen-bond acceptors (Lipinski definition) is 8. The van der Waals surface area contributed by atoms with Crippen molar-refractivity contribution in [2.24, 2.45) is 5.41 Å². The second kappa shape index (κ2) is 13.9. The zero-order valence-corrected chi connectivity index (χ0v) is 15.0. The molecule has 24 heavy (non-hydrogen) atoms. The number of rotatable bonds is 16. The quantitative estimate of drug-likeness (QED) is 0.265. The summed E-state index contributed by atoms with van der Waals surface area (Å²) < 4.78 is 22.0. The number of aliphatic hydroxyl groups excluding tert-OH is 4. The van der Waals surface area contributed by atoms with Crippen molar-refractivity contribution >= 4 is 0 Å². The third kappa shape index (κ3) is 13.0. The molecular formula is C16H34O8. The molecule has 0 aliphatic rings. The smallest absolute Gasteiger partial charge is 0.0745 e. The summed E-state index contributed by atoms with van der Waals surface area (Å²) in [5.74, 6) is 0. The van der Waals surface area contributed by atoms with Crippen molar-refractivity contribution in [2.75, 3.05) is 59.5 Å². The molecule has 0 aromatic carbocycles. The summed E-state index contributed by atoms with van der Waals surface area (Å²) in [5.41, 5.74) is -0.673. The van der Waals surface area contributed by atoms with Crippen LogP contribution in [0.2, 0.25) is 0 Å². The summed E-state index contributed by atoms with van der Waals surface area (Å²) in [7, 11) is 0. The van der Waals surface area contributed by atoms with Gasteiger partial charge < -0.3 is 39.4 Å². The van der Waals surface area contributed by atoms with Gasteiger partial charge in [0.05, 0.1) is 83.2 Å². The van der Waals surface area contributed by atoms with Crippen molar-refractivity contribution in [1.82, 2.24) is 0 Å². The van der Waals surface area contributed by atoms with Crippen LogP contribution in [0.25, 0.3) is 0 Å². The summed E-state index contributed by atoms with van der Waals surface area (Å²) >= 11 is 0. The van der Waals surface area contributed by atoms with Crippen LogP contribution in [-0.4, -0.2) is 98.2 Å². The molecule has 0 saturated carbocycles. The normalized spacial score (nSPS) is 18.1. The molecule has 146 valence electrons. The minimum Gasteiger partial charge on any atom is -0.394 e. The summed E-state index contributed by atoms with van der Waals surface area (Å²) in [4.78, 5) is 0. The molecule has 0 saturated heterocycles. The van der Waals surface area contributed by atoms with E-state index in [0.29, 0.717) is 0 Å². The maximum Gasteiger partial charge on any atom is 0.0745 e. The third-order valence-electron chi connectivity index (χ3n) is 2.95. The molecule has 0 amide bonds. The Kier molecular flexibility index (Phi) is 13.7. The Morgan fingerprint density at radius 2 is 1.00 bits per heavy atom. The molecule has 0 spiro atoms. The minimum atomic E-state index is -0.673. The summed E-state index contributed by atoms with van der Waals surface area (Å²) in [6.45, 7) is 6.27. The van der Waals surface area contributed by atoms with Crippen molar-refractivity contribution in [1.29, 1.82) is 0 Å². The third-order valence-corrected chi connectivity index (χ3v) is 2.95. The number of hydrogen-bond donors (Lipinski definition) is 4. The fraction of sp³-hybridized carbons (Fsp3) is 1.00. The largest absolute Gasteiger partial charge is 0.394 e. The van der Waals surface area contributed by atoms with Crippen LogP contribution in [0.1, 0.15) is 20.8 Å². The highest BCUT2D eigenvalue weighted by atomic mass is 16.5. The molecule has 0 aliphatic carbocycles. The summed E-state index contributed by atoms with van der Waals surface area (Å²) in [6, 6.07) is 0. The monoisotopic (exact) mass is 354 g/mol. The van der Waals surface area contributed by atoms with Crippen LogP contribution in [0.15, 0.2) is 0 Å². The van der Waals surface area contributed by atoms with Crippen LogP contribution in [0.4, 0.5) is 0 Å². The molecule has 0 radical (unpaired) electrons. The Morgan fingerprint density at radius 1 is 0.667 bits per heavy atom. The van der Waals surface area contributed by atoms with Crippen LogP contribution < -0.4 is 0 Å². The standard InChI is InChI=1S/C16H34O8/c1-13(18)6-22-10-16(9-21-5-4-17,11-23-7-14(2)19)12-24-8-15(3)20/h13-15,17-20H,4-12H2,1-3H3. The molecule has 0 aromatic heterocycles. The zero-order chi connectivity index (χ0) is 18.4. The predicted octanol–water partition coefficient (Wildman–Crippen LogP) is -0.826. The van der Waals surface area contributed by atoms with Crippen LogP contribution >= 0.6 is 0 Å². The van der Waals surface area contributed by atoms with E-state index in [1.54, 1.807) is 20.8 Å². The lowest BCUT2D eigenvalue weighted by Gasteiger charge is -2.33. The van der Waals surface area contributed by atoms with E-state index in [1.807, 2.05) is 0 Å². The molecule has 8 heteroatoms. The van der Waals surface area contributed by atoms with Crippen LogP contribution in [-0.2, 0) is 18.9 Å². The van der Waals surface area contributed by atoms with Gasteiger partial charge in [-0.1, -0.05) is 0 Å². The van der Waals surface area contributed by atoms with Gasteiger partial charge in [0.2, 0.25) is 0 Å². The highest BCUT2D eigenvalue weighted by Gasteiger charge is 2.33. The highest BCUT2D eigenvalue weighted by Crippen LogP contribution is 2.21. The van der Waals surface area contributed by atoms with E-state index in [2.05, 4.69) is 0 Å². The van der Waals surface area contributed by atoms with Crippen LogP contribution in [0.5, 0.6) is 0 Å². The van der Waals surface area contributed by atoms with Crippen LogP contribution in [0, 0.1) is 5.41 Å². The molecule has 0 rings (SSSR count). The maximum absolute atomic E-state index is 9.34. The van der Waals surface area contributed by atoms with Gasteiger partial charge in [0.25, 0.3) is 0 Å². The van der Waals surface area contributed by atoms with Gasteiger partial charge in [-0.05, 0) is 20.8 Å². The zero-order valence-electron chi connectivity index (χ0n) is 15.0. The molecule has 0 fully saturated rings. The van der Waals surface area contributed by atoms with Gasteiger partial charge in [0.15, 0.2) is 0 Å². The van der Waals surface area contributed by atoms with E-state index < -0.39 is 23.7 Å². The van der Waals surface area contributed by atoms with E-state index in [1.165, 1.54) is 0 Å². The Labute approximate surface area is 144 Å². The van der Waals surface area contributed by atoms with Crippen molar-refractivity contribution in [2.45, 2.75) is 39.1 Å². The van der Waals surface area contributed by atoms with Crippen molar-refractivity contribution in [3.8, 4) is 0 Å². The van der Waals surface area contributed by atoms with E-state index in [9.17, 15) is 15.3 Å². The lowest BCUT2D eigenvalue weighted by Crippen LogP contribution is -2.43. The fourth-order valence-electron chi connectivity index (χ4n) is 1.94. The minimum absolute atomic E-state index is 0.103. The van der Waals surface area contributed by atoms with Crippen LogP contribution in [0.3, 0.4) is 0 Å². The molecule has 3 atom stereocenters. The van der Waals surface area contributed by atoms with Gasteiger partial charge in [-0.3, -0.25) is 0 Å². The lowest BCUT2D eigenvalue weighted by molar-refractivity contribution is -0.125. The van der Waals surface area contributed by atoms with Gasteiger partial charge in [-0.15, -0.1) is 0 Å². The molecule has 0 aromatic rings. The first-order valence-electron chi connectivity index (χ1n) is 8.27. The van der Waals surface area contributed by atoms with Gasteiger partial charge in [-0.25, -0.2) is 0 Å². The topological polar surface area (TPSA) is 118 Å². The first-order valence-corrected chi connectivity index (χ1v) is 8.27. The Hall–Kier alpha value is -0.320. The van der Waals surface area contributed by atoms with E-state index in [4.69, 9.17) is 24.1 Å². The fourth-order valence-corrected chi connectivity index (χ4v) is 1.94. The molecule has 0 bridgehead atoms. The van der Waals surface area contributed by atoms with E-state index >= 15 is 0 Å².